The molecule has 190 valence electrons. The Hall–Kier alpha value is -3.65. The molecule has 0 aliphatic rings. The van der Waals surface area contributed by atoms with Crippen molar-refractivity contribution in [1.82, 2.24) is 10.2 Å². The number of carbonyl (C=O) groups excluding carboxylic acids is 2. The third-order valence-electron chi connectivity index (χ3n) is 6.00. The molecular weight excluding hydrogens is 474 g/mol. The summed E-state index contributed by atoms with van der Waals surface area (Å²) in [6.45, 7) is 5.40. The summed E-state index contributed by atoms with van der Waals surface area (Å²) >= 11 is 0. The van der Waals surface area contributed by atoms with Gasteiger partial charge in [-0.15, -0.1) is 0 Å². The van der Waals surface area contributed by atoms with Crippen LogP contribution in [0.1, 0.15) is 30.0 Å². The average molecular weight is 508 g/mol. The fraction of sp³-hybridized carbons (Fsp3) is 0.286. The number of sulfonamides is 1. The number of amides is 2. The Morgan fingerprint density at radius 2 is 1.56 bits per heavy atom. The summed E-state index contributed by atoms with van der Waals surface area (Å²) in [6, 6.07) is 22.0. The van der Waals surface area contributed by atoms with Crippen molar-refractivity contribution in [2.75, 3.05) is 17.9 Å². The van der Waals surface area contributed by atoms with Crippen molar-refractivity contribution in [2.45, 2.75) is 44.7 Å². The van der Waals surface area contributed by atoms with Gasteiger partial charge in [-0.25, -0.2) is 8.42 Å². The van der Waals surface area contributed by atoms with Gasteiger partial charge >= 0.3 is 0 Å². The van der Waals surface area contributed by atoms with E-state index in [4.69, 9.17) is 0 Å². The van der Waals surface area contributed by atoms with Crippen LogP contribution in [0.25, 0.3) is 0 Å². The van der Waals surface area contributed by atoms with Crippen LogP contribution in [-0.4, -0.2) is 44.8 Å². The Balaban J connectivity index is 2.03. The van der Waals surface area contributed by atoms with Crippen LogP contribution in [0.5, 0.6) is 0 Å². The number of nitrogens with one attached hydrogen (secondary N) is 1. The van der Waals surface area contributed by atoms with Crippen molar-refractivity contribution >= 4 is 27.5 Å². The second-order valence-corrected chi connectivity index (χ2v) is 10.6. The molecule has 0 aliphatic heterocycles. The molecule has 0 spiro atoms. The monoisotopic (exact) mass is 507 g/mol. The van der Waals surface area contributed by atoms with Crippen LogP contribution in [0.15, 0.2) is 83.8 Å². The smallest absolute Gasteiger partial charge is 0.264 e. The lowest BCUT2D eigenvalue weighted by atomic mass is 10.1. The van der Waals surface area contributed by atoms with Gasteiger partial charge in [0, 0.05) is 13.6 Å². The van der Waals surface area contributed by atoms with E-state index in [9.17, 15) is 18.0 Å². The van der Waals surface area contributed by atoms with Gasteiger partial charge < -0.3 is 10.2 Å². The van der Waals surface area contributed by atoms with Gasteiger partial charge in [-0.2, -0.15) is 0 Å². The molecule has 2 amide bonds. The van der Waals surface area contributed by atoms with E-state index < -0.39 is 28.5 Å². The van der Waals surface area contributed by atoms with E-state index in [2.05, 4.69) is 5.32 Å². The molecule has 0 aromatic heterocycles. The van der Waals surface area contributed by atoms with E-state index in [0.717, 1.165) is 21.0 Å². The number of benzene rings is 3. The normalized spacial score (nSPS) is 12.0. The highest BCUT2D eigenvalue weighted by Crippen LogP contribution is 2.25. The van der Waals surface area contributed by atoms with Gasteiger partial charge in [0.1, 0.15) is 12.6 Å². The zero-order valence-electron chi connectivity index (χ0n) is 21.1. The predicted octanol–water partition coefficient (Wildman–Crippen LogP) is 4.05. The molecule has 3 rings (SSSR count). The number of anilines is 1. The van der Waals surface area contributed by atoms with Crippen molar-refractivity contribution in [3.8, 4) is 0 Å². The first-order valence-electron chi connectivity index (χ1n) is 11.9. The number of carbonyl (C=O) groups is 2. The lowest BCUT2D eigenvalue weighted by Crippen LogP contribution is -2.51. The first-order chi connectivity index (χ1) is 17.2. The maximum absolute atomic E-state index is 13.8. The fourth-order valence-corrected chi connectivity index (χ4v) is 5.47. The standard InChI is InChI=1S/C28H33N3O4S/c1-5-26(28(33)29-4)30(19-23-11-9-10-22(3)18-23)27(32)20-31(24-12-7-6-8-13-24)36(34,35)25-16-14-21(2)15-17-25/h6-18,26H,5,19-20H2,1-4H3,(H,29,33)/t26-/m1/s1. The minimum absolute atomic E-state index is 0.0910. The Bertz CT molecular complexity index is 1290. The first kappa shape index (κ1) is 26.9. The minimum atomic E-state index is -4.05. The summed E-state index contributed by atoms with van der Waals surface area (Å²) < 4.78 is 28.5. The van der Waals surface area contributed by atoms with Crippen molar-refractivity contribution in [3.63, 3.8) is 0 Å². The molecular formula is C28H33N3O4S. The highest BCUT2D eigenvalue weighted by atomic mass is 32.2. The lowest BCUT2D eigenvalue weighted by molar-refractivity contribution is -0.140. The summed E-state index contributed by atoms with van der Waals surface area (Å²) in [5, 5.41) is 2.63. The topological polar surface area (TPSA) is 86.8 Å². The molecule has 3 aromatic rings. The molecule has 0 saturated carbocycles. The van der Waals surface area contributed by atoms with E-state index in [0.29, 0.717) is 12.1 Å². The van der Waals surface area contributed by atoms with Gasteiger partial charge in [0.05, 0.1) is 10.6 Å². The quantitative estimate of drug-likeness (QED) is 0.449. The molecule has 0 aliphatic carbocycles. The zero-order valence-corrected chi connectivity index (χ0v) is 22.0. The SMILES string of the molecule is CC[C@H](C(=O)NC)N(Cc1cccc(C)c1)C(=O)CN(c1ccccc1)S(=O)(=O)c1ccc(C)cc1. The molecule has 0 saturated heterocycles. The number of hydrogen-bond donors (Lipinski definition) is 1. The summed E-state index contributed by atoms with van der Waals surface area (Å²) in [5.74, 6) is -0.766. The molecule has 36 heavy (non-hydrogen) atoms. The number of nitrogens with zero attached hydrogens (tertiary/aromatic N) is 2. The van der Waals surface area contributed by atoms with E-state index >= 15 is 0 Å². The Morgan fingerprint density at radius 3 is 2.14 bits per heavy atom. The van der Waals surface area contributed by atoms with Crippen LogP contribution >= 0.6 is 0 Å². The molecule has 0 bridgehead atoms. The molecule has 0 unspecified atom stereocenters. The maximum Gasteiger partial charge on any atom is 0.264 e. The summed E-state index contributed by atoms with van der Waals surface area (Å²) in [5.41, 5.74) is 3.19. The van der Waals surface area contributed by atoms with Crippen LogP contribution in [0.3, 0.4) is 0 Å². The number of hydrogen-bond acceptors (Lipinski definition) is 4. The molecule has 1 N–H and O–H groups in total. The second kappa shape index (κ2) is 11.9. The highest BCUT2D eigenvalue weighted by Gasteiger charge is 2.33. The van der Waals surface area contributed by atoms with Crippen LogP contribution in [0.2, 0.25) is 0 Å². The van der Waals surface area contributed by atoms with Crippen molar-refractivity contribution in [1.29, 1.82) is 0 Å². The number of likely N-dealkylation sites (N-methyl/N-ethyl adjacent to an activating group) is 1. The maximum atomic E-state index is 13.8. The van der Waals surface area contributed by atoms with Crippen molar-refractivity contribution in [3.05, 3.63) is 95.6 Å². The molecule has 7 nitrogen and oxygen atoms in total. The largest absolute Gasteiger partial charge is 0.357 e. The van der Waals surface area contributed by atoms with Gasteiger partial charge in [-0.3, -0.25) is 13.9 Å². The molecule has 1 atom stereocenters. The minimum Gasteiger partial charge on any atom is -0.357 e. The average Bonchev–Trinajstić information content (AvgIpc) is 2.87. The third-order valence-corrected chi connectivity index (χ3v) is 7.79. The van der Waals surface area contributed by atoms with Gasteiger partial charge in [-0.05, 0) is 50.1 Å². The first-order valence-corrected chi connectivity index (χ1v) is 13.3. The van der Waals surface area contributed by atoms with Gasteiger partial charge in [0.2, 0.25) is 11.8 Å². The van der Waals surface area contributed by atoms with E-state index in [1.807, 2.05) is 45.0 Å². The molecule has 0 radical (unpaired) electrons. The zero-order chi connectivity index (χ0) is 26.3. The van der Waals surface area contributed by atoms with Crippen LogP contribution in [-0.2, 0) is 26.2 Å². The van der Waals surface area contributed by atoms with Gasteiger partial charge in [0.15, 0.2) is 0 Å². The number of rotatable bonds is 10. The highest BCUT2D eigenvalue weighted by molar-refractivity contribution is 7.92. The number of para-hydroxylation sites is 1. The predicted molar refractivity (Wildman–Crippen MR) is 142 cm³/mol. The van der Waals surface area contributed by atoms with Crippen molar-refractivity contribution < 1.29 is 18.0 Å². The van der Waals surface area contributed by atoms with Crippen LogP contribution in [0, 0.1) is 13.8 Å². The van der Waals surface area contributed by atoms with Crippen LogP contribution < -0.4 is 9.62 Å². The molecule has 0 heterocycles. The van der Waals surface area contributed by atoms with E-state index in [1.165, 1.54) is 24.1 Å². The summed E-state index contributed by atoms with van der Waals surface area (Å²) in [6.07, 6.45) is 0.382. The summed E-state index contributed by atoms with van der Waals surface area (Å²) in [4.78, 5) is 28.1. The summed E-state index contributed by atoms with van der Waals surface area (Å²) in [7, 11) is -2.53. The van der Waals surface area contributed by atoms with Gasteiger partial charge in [0.25, 0.3) is 10.0 Å². The van der Waals surface area contributed by atoms with Gasteiger partial charge in [-0.1, -0.05) is 72.6 Å². The lowest BCUT2D eigenvalue weighted by Gasteiger charge is -2.33. The van der Waals surface area contributed by atoms with E-state index in [-0.39, 0.29) is 17.3 Å². The van der Waals surface area contributed by atoms with Crippen LogP contribution in [0.4, 0.5) is 5.69 Å². The second-order valence-electron chi connectivity index (χ2n) is 8.71. The van der Waals surface area contributed by atoms with E-state index in [1.54, 1.807) is 42.5 Å². The Morgan fingerprint density at radius 1 is 0.889 bits per heavy atom. The Labute approximate surface area is 213 Å². The fourth-order valence-electron chi connectivity index (χ4n) is 4.05. The molecule has 8 heteroatoms. The van der Waals surface area contributed by atoms with Crippen molar-refractivity contribution in [2.24, 2.45) is 0 Å². The Kier molecular flexibility index (Phi) is 8.88. The molecule has 0 fully saturated rings. The third kappa shape index (κ3) is 6.31. The number of aryl methyl sites for hydroxylation is 2. The molecule has 3 aromatic carbocycles.